The van der Waals surface area contributed by atoms with Crippen LogP contribution in [0.3, 0.4) is 0 Å². The summed E-state index contributed by atoms with van der Waals surface area (Å²) in [5.74, 6) is 0. The molecule has 0 aliphatic heterocycles. The summed E-state index contributed by atoms with van der Waals surface area (Å²) in [6.07, 6.45) is 1.13. The predicted molar refractivity (Wildman–Crippen MR) is 45.9 cm³/mol. The van der Waals surface area contributed by atoms with Crippen molar-refractivity contribution in [3.63, 3.8) is 0 Å². The van der Waals surface area contributed by atoms with Gasteiger partial charge in [-0.2, -0.15) is 0 Å². The van der Waals surface area contributed by atoms with Crippen LogP contribution in [0.1, 0.15) is 13.3 Å². The number of carbonyl (C=O) groups is 1. The third-order valence-electron chi connectivity index (χ3n) is 0.633. The van der Waals surface area contributed by atoms with Crippen molar-refractivity contribution in [2.45, 2.75) is 13.3 Å². The standard InChI is InChI=1S/C4H8OP.C2H5NO2.V/c1-2-3-6-4-5;1-5-2(3)4;/h6H,2-3H2,1H3;1H3,(H2,3,4);/q-1;;+2/p-1. The Balaban J connectivity index is -0.000000126. The summed E-state index contributed by atoms with van der Waals surface area (Å²) in [7, 11) is 1.57. The molecule has 1 atom stereocenters. The molecule has 0 saturated carbocycles. The topological polar surface area (TPSA) is 67.2 Å². The first-order valence-corrected chi connectivity index (χ1v) is 4.29. The third-order valence-corrected chi connectivity index (χ3v) is 1.53. The number of ether oxygens (including phenoxy) is 1. The third kappa shape index (κ3) is 32.5. The second kappa shape index (κ2) is 17.2. The van der Waals surface area contributed by atoms with E-state index < -0.39 is 6.09 Å². The summed E-state index contributed by atoms with van der Waals surface area (Å²) in [5, 5.41) is 0. The normalized spacial score (nSPS) is 7.83. The second-order valence-electron chi connectivity index (χ2n) is 1.52. The molecule has 0 saturated heterocycles. The van der Waals surface area contributed by atoms with Crippen molar-refractivity contribution in [3.05, 3.63) is 5.73 Å². The van der Waals surface area contributed by atoms with Crippen molar-refractivity contribution < 1.29 is 32.9 Å². The van der Waals surface area contributed by atoms with Crippen LogP contribution in [0.2, 0.25) is 0 Å². The van der Waals surface area contributed by atoms with Crippen LogP contribution in [0.5, 0.6) is 0 Å². The van der Waals surface area contributed by atoms with E-state index in [1.165, 1.54) is 0 Å². The molecule has 1 N–H and O–H groups in total. The van der Waals surface area contributed by atoms with E-state index in [0.717, 1.165) is 19.7 Å². The van der Waals surface area contributed by atoms with Gasteiger partial charge >= 0.3 is 18.6 Å². The van der Waals surface area contributed by atoms with Crippen molar-refractivity contribution in [1.29, 1.82) is 0 Å². The van der Waals surface area contributed by atoms with Crippen LogP contribution in [0, 0.1) is 0 Å². The summed E-state index contributed by atoms with van der Waals surface area (Å²) in [4.78, 5) is 18.7. The molecule has 4 nitrogen and oxygen atoms in total. The van der Waals surface area contributed by atoms with Crippen molar-refractivity contribution in [1.82, 2.24) is 0 Å². The first kappa shape index (κ1) is 17.9. The van der Waals surface area contributed by atoms with Crippen molar-refractivity contribution >= 4 is 20.7 Å². The summed E-state index contributed by atoms with van der Waals surface area (Å²) in [6.45, 7) is 2.06. The van der Waals surface area contributed by atoms with Crippen LogP contribution in [0.15, 0.2) is 0 Å². The predicted octanol–water partition coefficient (Wildman–Crippen LogP) is 1.94. The van der Waals surface area contributed by atoms with Gasteiger partial charge < -0.3 is 15.3 Å². The summed E-state index contributed by atoms with van der Waals surface area (Å²) in [5.41, 5.74) is 5.97. The molecule has 1 amide bonds. The molecular weight excluding hydrogens is 216 g/mol. The van der Waals surface area contributed by atoms with Gasteiger partial charge in [0, 0.05) is 0 Å². The monoisotopic (exact) mass is 228 g/mol. The number of carbonyl (C=O) groups excluding carboxylic acids is 2. The van der Waals surface area contributed by atoms with Gasteiger partial charge in [-0.3, -0.25) is 13.4 Å². The molecule has 0 heterocycles. The molecular formula is C6H12NO3PV. The summed E-state index contributed by atoms with van der Waals surface area (Å²) >= 11 is 0. The number of rotatable bonds is 3. The van der Waals surface area contributed by atoms with Gasteiger partial charge in [-0.05, 0) is 0 Å². The van der Waals surface area contributed by atoms with Gasteiger partial charge in [0.1, 0.15) is 0 Å². The summed E-state index contributed by atoms with van der Waals surface area (Å²) in [6, 6.07) is 1.85. The Labute approximate surface area is 86.3 Å². The zero-order valence-electron chi connectivity index (χ0n) is 7.09. The summed E-state index contributed by atoms with van der Waals surface area (Å²) < 4.78 is 3.78. The molecule has 6 heteroatoms. The fraction of sp³-hybridized carbons (Fsp3) is 0.667. The molecule has 1 radical (unpaired) electrons. The van der Waals surface area contributed by atoms with Crippen LogP contribution in [-0.2, 0) is 28.1 Å². The molecule has 0 aromatic carbocycles. The van der Waals surface area contributed by atoms with Gasteiger partial charge in [-0.15, -0.1) is 0 Å². The van der Waals surface area contributed by atoms with Crippen LogP contribution in [-0.4, -0.2) is 25.4 Å². The molecule has 0 aromatic heterocycles. The molecule has 0 fully saturated rings. The Morgan fingerprint density at radius 3 is 2.17 bits per heavy atom. The molecule has 12 heavy (non-hydrogen) atoms. The number of hydrogen-bond donors (Lipinski definition) is 0. The molecule has 69 valence electrons. The second-order valence-corrected chi connectivity index (χ2v) is 2.58. The Hall–Kier alpha value is -0.0456. The fourth-order valence-corrected chi connectivity index (χ4v) is 0.528. The molecule has 0 spiro atoms. The molecule has 0 bridgehead atoms. The molecule has 0 aromatic rings. The van der Waals surface area contributed by atoms with E-state index in [0.29, 0.717) is 8.58 Å². The van der Waals surface area contributed by atoms with Crippen molar-refractivity contribution in [2.24, 2.45) is 0 Å². The van der Waals surface area contributed by atoms with Crippen molar-refractivity contribution in [2.75, 3.05) is 13.3 Å². The Bertz CT molecular complexity index is 113. The maximum atomic E-state index is 9.45. The maximum Gasteiger partial charge on any atom is 2.00 e. The van der Waals surface area contributed by atoms with Crippen LogP contribution in [0.25, 0.3) is 5.73 Å². The van der Waals surface area contributed by atoms with Gasteiger partial charge in [0.2, 0.25) is 6.09 Å². The zero-order valence-corrected chi connectivity index (χ0v) is 9.48. The van der Waals surface area contributed by atoms with E-state index in [-0.39, 0.29) is 18.6 Å². The molecule has 0 rings (SSSR count). The average Bonchev–Trinajstić information content (AvgIpc) is 2.02. The first-order chi connectivity index (χ1) is 5.18. The molecule has 1 unspecified atom stereocenters. The number of amides is 1. The number of nitrogens with one attached hydrogen (secondary N) is 1. The Kier molecular flexibility index (Phi) is 25.6. The van der Waals surface area contributed by atoms with Crippen LogP contribution in [0.4, 0.5) is 4.79 Å². The molecule has 0 aliphatic rings. The van der Waals surface area contributed by atoms with E-state index >= 15 is 0 Å². The van der Waals surface area contributed by atoms with Gasteiger partial charge in [0.25, 0.3) is 0 Å². The fourth-order valence-electron chi connectivity index (χ4n) is 0.176. The Morgan fingerprint density at radius 2 is 2.08 bits per heavy atom. The zero-order chi connectivity index (χ0) is 9.11. The minimum absolute atomic E-state index is 0. The average molecular weight is 228 g/mol. The van der Waals surface area contributed by atoms with Gasteiger partial charge in [-0.1, -0.05) is 19.5 Å². The van der Waals surface area contributed by atoms with E-state index in [4.69, 9.17) is 5.73 Å². The first-order valence-electron chi connectivity index (χ1n) is 3.08. The maximum absolute atomic E-state index is 9.45. The smallest absolute Gasteiger partial charge is 0.632 e. The number of methoxy groups -OCH3 is 1. The van der Waals surface area contributed by atoms with Gasteiger partial charge in [0.05, 0.1) is 7.11 Å². The van der Waals surface area contributed by atoms with E-state index in [2.05, 4.69) is 11.7 Å². The minimum atomic E-state index is -0.995. The number of hydrogen-bond acceptors (Lipinski definition) is 3. The van der Waals surface area contributed by atoms with E-state index in [1.807, 2.05) is 6.03 Å². The van der Waals surface area contributed by atoms with E-state index in [9.17, 15) is 9.59 Å². The molecule has 0 aliphatic carbocycles. The quantitative estimate of drug-likeness (QED) is 0.421. The van der Waals surface area contributed by atoms with Crippen LogP contribution >= 0.6 is 8.58 Å². The van der Waals surface area contributed by atoms with Crippen molar-refractivity contribution in [3.8, 4) is 0 Å². The van der Waals surface area contributed by atoms with Gasteiger partial charge in [-0.25, -0.2) is 6.03 Å². The SMILES string of the molecule is CCCP[C-]=O.COC([NH-])=O.[V+2]. The minimum Gasteiger partial charge on any atom is -0.632 e. The Morgan fingerprint density at radius 1 is 1.67 bits per heavy atom. The van der Waals surface area contributed by atoms with Gasteiger partial charge in [0.15, 0.2) is 0 Å². The van der Waals surface area contributed by atoms with E-state index in [1.54, 1.807) is 0 Å². The largest absolute Gasteiger partial charge is 2.00 e. The van der Waals surface area contributed by atoms with Crippen LogP contribution < -0.4 is 0 Å².